The summed E-state index contributed by atoms with van der Waals surface area (Å²) in [5.41, 5.74) is 5.69. The minimum atomic E-state index is -0.0944. The Bertz CT molecular complexity index is 469. The van der Waals surface area contributed by atoms with Crippen molar-refractivity contribution >= 4 is 5.82 Å². The first-order chi connectivity index (χ1) is 9.10. The molecule has 1 fully saturated rings. The Hall–Kier alpha value is -1.36. The van der Waals surface area contributed by atoms with Gasteiger partial charge in [-0.1, -0.05) is 20.3 Å². The van der Waals surface area contributed by atoms with E-state index in [1.54, 1.807) is 0 Å². The molecule has 5 nitrogen and oxygen atoms in total. The summed E-state index contributed by atoms with van der Waals surface area (Å²) in [6.07, 6.45) is 3.70. The molecule has 1 aliphatic rings. The fraction of sp³-hybridized carbons (Fsp3) is 0.714. The second kappa shape index (κ2) is 6.19. The highest BCUT2D eigenvalue weighted by Gasteiger charge is 2.25. The fourth-order valence-electron chi connectivity index (χ4n) is 2.77. The molecule has 2 rings (SSSR count). The zero-order valence-electron chi connectivity index (χ0n) is 11.8. The molecule has 1 heterocycles. The van der Waals surface area contributed by atoms with Crippen LogP contribution in [-0.2, 0) is 0 Å². The van der Waals surface area contributed by atoms with Crippen LogP contribution in [0.2, 0.25) is 0 Å². The highest BCUT2D eigenvalue weighted by molar-refractivity contribution is 5.33. The maximum atomic E-state index is 11.6. The number of H-pyrrole nitrogens is 1. The van der Waals surface area contributed by atoms with E-state index in [9.17, 15) is 4.79 Å². The third kappa shape index (κ3) is 3.56. The number of anilines is 1. The molecule has 0 aliphatic heterocycles. The molecule has 1 aromatic heterocycles. The van der Waals surface area contributed by atoms with Gasteiger partial charge in [-0.2, -0.15) is 0 Å². The van der Waals surface area contributed by atoms with Gasteiger partial charge in [0.1, 0.15) is 11.6 Å². The van der Waals surface area contributed by atoms with Crippen LogP contribution in [0.15, 0.2) is 10.9 Å². The van der Waals surface area contributed by atoms with E-state index in [4.69, 9.17) is 5.73 Å². The number of nitrogens with zero attached hydrogens (tertiary/aromatic N) is 1. The number of hydrogen-bond donors (Lipinski definition) is 3. The molecule has 0 spiro atoms. The second-order valence-corrected chi connectivity index (χ2v) is 5.74. The monoisotopic (exact) mass is 264 g/mol. The summed E-state index contributed by atoms with van der Waals surface area (Å²) in [6, 6.07) is 1.53. The van der Waals surface area contributed by atoms with Crippen LogP contribution in [0.25, 0.3) is 0 Å². The Labute approximate surface area is 114 Å². The lowest BCUT2D eigenvalue weighted by atomic mass is 9.96. The van der Waals surface area contributed by atoms with Gasteiger partial charge in [0.2, 0.25) is 0 Å². The molecule has 0 radical (unpaired) electrons. The van der Waals surface area contributed by atoms with Gasteiger partial charge in [-0.3, -0.25) is 4.79 Å². The maximum Gasteiger partial charge on any atom is 0.252 e. The van der Waals surface area contributed by atoms with Crippen LogP contribution in [0.5, 0.6) is 0 Å². The summed E-state index contributed by atoms with van der Waals surface area (Å²) >= 11 is 0. The fourth-order valence-corrected chi connectivity index (χ4v) is 2.77. The summed E-state index contributed by atoms with van der Waals surface area (Å²) in [7, 11) is 0. The van der Waals surface area contributed by atoms with E-state index in [1.165, 1.54) is 25.3 Å². The third-order valence-electron chi connectivity index (χ3n) is 3.97. The molecule has 0 amide bonds. The molecule has 0 saturated heterocycles. The van der Waals surface area contributed by atoms with Crippen LogP contribution in [-0.4, -0.2) is 23.1 Å². The molecule has 1 aliphatic carbocycles. The van der Waals surface area contributed by atoms with Gasteiger partial charge >= 0.3 is 0 Å². The molecule has 2 atom stereocenters. The van der Waals surface area contributed by atoms with Crippen molar-refractivity contribution in [3.8, 4) is 0 Å². The molecule has 2 unspecified atom stereocenters. The molecular formula is C14H24N4O. The van der Waals surface area contributed by atoms with Gasteiger partial charge in [-0.05, 0) is 31.2 Å². The second-order valence-electron chi connectivity index (χ2n) is 5.74. The van der Waals surface area contributed by atoms with Crippen molar-refractivity contribution in [1.82, 2.24) is 9.97 Å². The van der Waals surface area contributed by atoms with Crippen LogP contribution in [0.4, 0.5) is 5.82 Å². The van der Waals surface area contributed by atoms with Gasteiger partial charge in [-0.15, -0.1) is 0 Å². The van der Waals surface area contributed by atoms with Crippen molar-refractivity contribution in [2.45, 2.75) is 39.0 Å². The van der Waals surface area contributed by atoms with Crippen LogP contribution in [0, 0.1) is 11.8 Å². The largest absolute Gasteiger partial charge is 0.370 e. The number of nitrogens with two attached hydrogens (primary N) is 1. The lowest BCUT2D eigenvalue weighted by Gasteiger charge is -2.18. The predicted octanol–water partition coefficient (Wildman–Crippen LogP) is 1.68. The van der Waals surface area contributed by atoms with E-state index in [0.717, 1.165) is 18.9 Å². The van der Waals surface area contributed by atoms with Crippen LogP contribution >= 0.6 is 0 Å². The number of nitrogens with one attached hydrogen (secondary N) is 2. The first-order valence-corrected chi connectivity index (χ1v) is 7.15. The molecular weight excluding hydrogens is 240 g/mol. The van der Waals surface area contributed by atoms with E-state index in [0.29, 0.717) is 17.7 Å². The molecule has 4 N–H and O–H groups in total. The Morgan fingerprint density at radius 1 is 1.47 bits per heavy atom. The zero-order valence-corrected chi connectivity index (χ0v) is 11.8. The van der Waals surface area contributed by atoms with Gasteiger partial charge < -0.3 is 16.0 Å². The number of rotatable bonds is 5. The van der Waals surface area contributed by atoms with E-state index in [1.807, 2.05) is 13.8 Å². The normalized spacial score (nSPS) is 22.9. The molecule has 0 aromatic carbocycles. The summed E-state index contributed by atoms with van der Waals surface area (Å²) in [5.74, 6) is 2.84. The van der Waals surface area contributed by atoms with Crippen molar-refractivity contribution in [3.63, 3.8) is 0 Å². The van der Waals surface area contributed by atoms with Gasteiger partial charge in [0.25, 0.3) is 5.56 Å². The minimum Gasteiger partial charge on any atom is -0.370 e. The molecule has 19 heavy (non-hydrogen) atoms. The molecule has 1 aromatic rings. The van der Waals surface area contributed by atoms with E-state index >= 15 is 0 Å². The Morgan fingerprint density at radius 2 is 2.21 bits per heavy atom. The van der Waals surface area contributed by atoms with Gasteiger partial charge in [-0.25, -0.2) is 4.98 Å². The zero-order chi connectivity index (χ0) is 13.8. The lowest BCUT2D eigenvalue weighted by Crippen LogP contribution is -2.25. The highest BCUT2D eigenvalue weighted by Crippen LogP contribution is 2.30. The molecule has 0 bridgehead atoms. The minimum absolute atomic E-state index is 0.0944. The summed E-state index contributed by atoms with van der Waals surface area (Å²) in [5, 5.41) is 3.30. The number of aromatic amines is 1. The standard InChI is InChI=1S/C14H24N4O/c1-9(2)14-17-12(6-13(19)18-14)16-8-11-5-3-4-10(11)7-15/h6,9-11H,3-5,7-8,15H2,1-2H3,(H2,16,17,18,19). The van der Waals surface area contributed by atoms with E-state index < -0.39 is 0 Å². The van der Waals surface area contributed by atoms with Crippen molar-refractivity contribution in [1.29, 1.82) is 0 Å². The average molecular weight is 264 g/mol. The summed E-state index contributed by atoms with van der Waals surface area (Å²) in [6.45, 7) is 5.65. The van der Waals surface area contributed by atoms with Crippen molar-refractivity contribution in [3.05, 3.63) is 22.2 Å². The Kier molecular flexibility index (Phi) is 4.58. The van der Waals surface area contributed by atoms with Gasteiger partial charge in [0.15, 0.2) is 0 Å². The smallest absolute Gasteiger partial charge is 0.252 e. The molecule has 5 heteroatoms. The number of aromatic nitrogens is 2. The Morgan fingerprint density at radius 3 is 2.89 bits per heavy atom. The highest BCUT2D eigenvalue weighted by atomic mass is 16.1. The SMILES string of the molecule is CC(C)c1nc(NCC2CCCC2CN)cc(=O)[nH]1. The Balaban J connectivity index is 2.01. The van der Waals surface area contributed by atoms with E-state index in [2.05, 4.69) is 15.3 Å². The van der Waals surface area contributed by atoms with Gasteiger partial charge in [0.05, 0.1) is 0 Å². The number of hydrogen-bond acceptors (Lipinski definition) is 4. The topological polar surface area (TPSA) is 83.8 Å². The maximum absolute atomic E-state index is 11.6. The lowest BCUT2D eigenvalue weighted by molar-refractivity contribution is 0.414. The molecule has 106 valence electrons. The van der Waals surface area contributed by atoms with Crippen LogP contribution in [0.1, 0.15) is 44.9 Å². The quantitative estimate of drug-likeness (QED) is 0.755. The van der Waals surface area contributed by atoms with E-state index in [-0.39, 0.29) is 11.5 Å². The van der Waals surface area contributed by atoms with Crippen molar-refractivity contribution in [2.24, 2.45) is 17.6 Å². The molecule has 1 saturated carbocycles. The van der Waals surface area contributed by atoms with Crippen LogP contribution in [0.3, 0.4) is 0 Å². The summed E-state index contributed by atoms with van der Waals surface area (Å²) in [4.78, 5) is 18.8. The first kappa shape index (κ1) is 14.1. The van der Waals surface area contributed by atoms with Crippen molar-refractivity contribution < 1.29 is 0 Å². The van der Waals surface area contributed by atoms with Crippen LogP contribution < -0.4 is 16.6 Å². The average Bonchev–Trinajstić information content (AvgIpc) is 2.83. The first-order valence-electron chi connectivity index (χ1n) is 7.15. The van der Waals surface area contributed by atoms with Crippen molar-refractivity contribution in [2.75, 3.05) is 18.4 Å². The summed E-state index contributed by atoms with van der Waals surface area (Å²) < 4.78 is 0. The van der Waals surface area contributed by atoms with Gasteiger partial charge in [0, 0.05) is 18.5 Å². The predicted molar refractivity (Wildman–Crippen MR) is 77.3 cm³/mol. The third-order valence-corrected chi connectivity index (χ3v) is 3.97.